The van der Waals surface area contributed by atoms with Gasteiger partial charge in [0.25, 0.3) is 0 Å². The molecule has 1 aromatic rings. The summed E-state index contributed by atoms with van der Waals surface area (Å²) in [5, 5.41) is 17.7. The van der Waals surface area contributed by atoms with Gasteiger partial charge in [-0.15, -0.1) is 0 Å². The Morgan fingerprint density at radius 2 is 1.88 bits per heavy atom. The van der Waals surface area contributed by atoms with Gasteiger partial charge in [-0.3, -0.25) is 0 Å². The number of halogens is 3. The molecule has 0 aliphatic heterocycles. The van der Waals surface area contributed by atoms with Gasteiger partial charge in [-0.1, -0.05) is 0 Å². The highest BCUT2D eigenvalue weighted by Gasteiger charge is 2.32. The van der Waals surface area contributed by atoms with Gasteiger partial charge in [-0.2, -0.15) is 13.2 Å². The van der Waals surface area contributed by atoms with Crippen molar-refractivity contribution in [3.63, 3.8) is 0 Å². The summed E-state index contributed by atoms with van der Waals surface area (Å²) in [4.78, 5) is 0. The smallest absolute Gasteiger partial charge is 0.488 e. The Morgan fingerprint density at radius 3 is 2.31 bits per heavy atom. The van der Waals surface area contributed by atoms with Crippen LogP contribution < -0.4 is 10.2 Å². The van der Waals surface area contributed by atoms with E-state index in [9.17, 15) is 13.2 Å². The van der Waals surface area contributed by atoms with Crippen molar-refractivity contribution in [2.45, 2.75) is 13.1 Å². The summed E-state index contributed by atoms with van der Waals surface area (Å²) in [5.41, 5.74) is -1.22. The molecule has 16 heavy (non-hydrogen) atoms. The van der Waals surface area contributed by atoms with Gasteiger partial charge in [0.2, 0.25) is 0 Å². The molecule has 0 bridgehead atoms. The molecule has 0 aliphatic rings. The van der Waals surface area contributed by atoms with E-state index in [1.165, 1.54) is 0 Å². The van der Waals surface area contributed by atoms with Crippen LogP contribution in [0.5, 0.6) is 5.75 Å². The van der Waals surface area contributed by atoms with E-state index in [4.69, 9.17) is 14.8 Å². The highest BCUT2D eigenvalue weighted by molar-refractivity contribution is 6.58. The minimum Gasteiger partial charge on any atom is -0.494 e. The van der Waals surface area contributed by atoms with Crippen molar-refractivity contribution in [2.24, 2.45) is 0 Å². The minimum absolute atomic E-state index is 0.0413. The van der Waals surface area contributed by atoms with E-state index in [0.29, 0.717) is 6.07 Å². The molecule has 0 saturated heterocycles. The predicted molar refractivity (Wildman–Crippen MR) is 52.4 cm³/mol. The maximum atomic E-state index is 12.4. The van der Waals surface area contributed by atoms with Gasteiger partial charge in [0.1, 0.15) is 5.75 Å². The van der Waals surface area contributed by atoms with Gasteiger partial charge in [0.05, 0.1) is 12.2 Å². The zero-order chi connectivity index (χ0) is 12.3. The van der Waals surface area contributed by atoms with Gasteiger partial charge < -0.3 is 14.8 Å². The predicted octanol–water partition coefficient (Wildman–Crippen LogP) is 0.784. The molecule has 0 unspecified atom stereocenters. The average molecular weight is 234 g/mol. The van der Waals surface area contributed by atoms with Crippen LogP contribution in [-0.2, 0) is 6.18 Å². The van der Waals surface area contributed by atoms with E-state index in [1.54, 1.807) is 6.92 Å². The third-order valence-electron chi connectivity index (χ3n) is 1.87. The normalized spacial score (nSPS) is 11.4. The van der Waals surface area contributed by atoms with E-state index in [2.05, 4.69) is 0 Å². The Kier molecular flexibility index (Phi) is 3.82. The van der Waals surface area contributed by atoms with Crippen LogP contribution in [0, 0.1) is 0 Å². The Morgan fingerprint density at radius 1 is 1.25 bits per heavy atom. The van der Waals surface area contributed by atoms with Gasteiger partial charge in [0.15, 0.2) is 0 Å². The maximum absolute atomic E-state index is 12.4. The number of hydrogen-bond donors (Lipinski definition) is 2. The van der Waals surface area contributed by atoms with E-state index in [0.717, 1.165) is 12.1 Å². The van der Waals surface area contributed by atoms with Crippen LogP contribution in [0.1, 0.15) is 12.5 Å². The quantitative estimate of drug-likeness (QED) is 0.760. The monoisotopic (exact) mass is 234 g/mol. The topological polar surface area (TPSA) is 49.7 Å². The van der Waals surface area contributed by atoms with E-state index < -0.39 is 18.9 Å². The molecular formula is C9H10BF3O3. The lowest BCUT2D eigenvalue weighted by Crippen LogP contribution is -2.31. The lowest BCUT2D eigenvalue weighted by molar-refractivity contribution is -0.137. The summed E-state index contributed by atoms with van der Waals surface area (Å²) in [5.74, 6) is -0.0413. The Balaban J connectivity index is 3.19. The molecule has 0 atom stereocenters. The Hall–Kier alpha value is -1.21. The lowest BCUT2D eigenvalue weighted by Gasteiger charge is -2.12. The number of hydrogen-bond acceptors (Lipinski definition) is 3. The summed E-state index contributed by atoms with van der Waals surface area (Å²) < 4.78 is 42.2. The van der Waals surface area contributed by atoms with Crippen LogP contribution in [0.2, 0.25) is 0 Å². The van der Waals surface area contributed by atoms with Gasteiger partial charge in [0, 0.05) is 0 Å². The first-order chi connectivity index (χ1) is 7.34. The van der Waals surface area contributed by atoms with Crippen LogP contribution in [0.4, 0.5) is 13.2 Å². The lowest BCUT2D eigenvalue weighted by atomic mass is 9.79. The molecule has 0 aromatic heterocycles. The second kappa shape index (κ2) is 4.75. The van der Waals surface area contributed by atoms with Crippen LogP contribution in [-0.4, -0.2) is 23.8 Å². The molecule has 0 radical (unpaired) electrons. The minimum atomic E-state index is -4.54. The van der Waals surface area contributed by atoms with Crippen molar-refractivity contribution in [2.75, 3.05) is 6.61 Å². The van der Waals surface area contributed by atoms with Crippen molar-refractivity contribution in [1.29, 1.82) is 0 Å². The molecule has 88 valence electrons. The molecule has 0 aliphatic carbocycles. The molecule has 1 rings (SSSR count). The molecule has 0 fully saturated rings. The van der Waals surface area contributed by atoms with Gasteiger partial charge >= 0.3 is 13.3 Å². The number of rotatable bonds is 3. The van der Waals surface area contributed by atoms with E-state index in [1.807, 2.05) is 0 Å². The molecule has 7 heteroatoms. The second-order valence-electron chi connectivity index (χ2n) is 3.10. The zero-order valence-corrected chi connectivity index (χ0v) is 8.45. The molecule has 0 saturated carbocycles. The van der Waals surface area contributed by atoms with Gasteiger partial charge in [-0.05, 0) is 30.6 Å². The fourth-order valence-electron chi connectivity index (χ4n) is 1.18. The van der Waals surface area contributed by atoms with Crippen LogP contribution >= 0.6 is 0 Å². The molecular weight excluding hydrogens is 224 g/mol. The third-order valence-corrected chi connectivity index (χ3v) is 1.87. The fourth-order valence-corrected chi connectivity index (χ4v) is 1.18. The van der Waals surface area contributed by atoms with E-state index in [-0.39, 0.29) is 17.8 Å². The van der Waals surface area contributed by atoms with Crippen molar-refractivity contribution < 1.29 is 28.0 Å². The number of ether oxygens (including phenoxy) is 1. The highest BCUT2D eigenvalue weighted by Crippen LogP contribution is 2.30. The van der Waals surface area contributed by atoms with Crippen LogP contribution in [0.15, 0.2) is 18.2 Å². The Bertz CT molecular complexity index is 366. The zero-order valence-electron chi connectivity index (χ0n) is 8.45. The summed E-state index contributed by atoms with van der Waals surface area (Å²) >= 11 is 0. The van der Waals surface area contributed by atoms with Crippen LogP contribution in [0.3, 0.4) is 0 Å². The van der Waals surface area contributed by atoms with Crippen molar-refractivity contribution in [1.82, 2.24) is 0 Å². The first-order valence-corrected chi connectivity index (χ1v) is 4.55. The summed E-state index contributed by atoms with van der Waals surface area (Å²) in [6.07, 6.45) is -4.54. The summed E-state index contributed by atoms with van der Waals surface area (Å²) in [7, 11) is -1.96. The first kappa shape index (κ1) is 12.9. The van der Waals surface area contributed by atoms with Crippen LogP contribution in [0.25, 0.3) is 0 Å². The second-order valence-corrected chi connectivity index (χ2v) is 3.10. The highest BCUT2D eigenvalue weighted by atomic mass is 19.4. The maximum Gasteiger partial charge on any atom is 0.488 e. The van der Waals surface area contributed by atoms with Crippen molar-refractivity contribution in [3.05, 3.63) is 23.8 Å². The van der Waals surface area contributed by atoms with Gasteiger partial charge in [-0.25, -0.2) is 0 Å². The van der Waals surface area contributed by atoms with E-state index >= 15 is 0 Å². The summed E-state index contributed by atoms with van der Waals surface area (Å²) in [6.45, 7) is 1.82. The number of alkyl halides is 3. The SMILES string of the molecule is CCOc1cc(B(O)O)cc(C(F)(F)F)c1. The molecule has 0 amide bonds. The number of benzene rings is 1. The molecule has 3 nitrogen and oxygen atoms in total. The first-order valence-electron chi connectivity index (χ1n) is 4.55. The average Bonchev–Trinajstić information content (AvgIpc) is 2.16. The molecule has 1 aromatic carbocycles. The Labute approximate surface area is 90.6 Å². The fraction of sp³-hybridized carbons (Fsp3) is 0.333. The third kappa shape index (κ3) is 3.14. The largest absolute Gasteiger partial charge is 0.494 e. The van der Waals surface area contributed by atoms with Crippen molar-refractivity contribution in [3.8, 4) is 5.75 Å². The molecule has 2 N–H and O–H groups in total. The molecule has 0 spiro atoms. The summed E-state index contributed by atoms with van der Waals surface area (Å²) in [6, 6.07) is 2.64. The molecule has 0 heterocycles. The standard InChI is InChI=1S/C9H10BF3O3/c1-2-16-8-4-6(9(11,12)13)3-7(5-8)10(14)15/h3-5,14-15H,2H2,1H3. The van der Waals surface area contributed by atoms with Crippen molar-refractivity contribution >= 4 is 12.6 Å².